The van der Waals surface area contributed by atoms with E-state index in [4.69, 9.17) is 10.2 Å². The first kappa shape index (κ1) is 15.7. The van der Waals surface area contributed by atoms with Crippen LogP contribution in [-0.2, 0) is 13.1 Å². The van der Waals surface area contributed by atoms with Gasteiger partial charge in [0.2, 0.25) is 0 Å². The van der Waals surface area contributed by atoms with Crippen LogP contribution in [0, 0.1) is 6.92 Å². The van der Waals surface area contributed by atoms with Crippen LogP contribution in [0.4, 0.5) is 0 Å². The van der Waals surface area contributed by atoms with Crippen molar-refractivity contribution in [2.75, 3.05) is 6.54 Å². The number of fused-ring (bicyclic) bond motifs is 1. The van der Waals surface area contributed by atoms with Crippen LogP contribution in [0.25, 0.3) is 0 Å². The van der Waals surface area contributed by atoms with E-state index >= 15 is 0 Å². The van der Waals surface area contributed by atoms with E-state index < -0.39 is 5.91 Å². The minimum Gasteiger partial charge on any atom is -0.450 e. The third-order valence-electron chi connectivity index (χ3n) is 4.92. The molecule has 5 nitrogen and oxygen atoms in total. The molecule has 4 rings (SSSR count). The number of carbonyl (C=O) groups excluding carboxylic acids is 1. The standard InChI is InChI=1S/C20H21N3O2/c1-14-4-2-5-15(12-14)19-17-6-3-9-22(17)10-11-23(19)13-16-7-8-18(25-16)20(21)24/h2-9,12,19H,10-11,13H2,1H3,(H2,21,24)/p+1/t19-/m1/s1. The third-order valence-corrected chi connectivity index (χ3v) is 4.92. The van der Waals surface area contributed by atoms with Crippen molar-refractivity contribution in [3.05, 3.63) is 83.1 Å². The Morgan fingerprint density at radius 3 is 2.92 bits per heavy atom. The van der Waals surface area contributed by atoms with Crippen molar-refractivity contribution in [1.29, 1.82) is 0 Å². The summed E-state index contributed by atoms with van der Waals surface area (Å²) in [6.07, 6.45) is 2.15. The maximum Gasteiger partial charge on any atom is 0.284 e. The van der Waals surface area contributed by atoms with Crippen LogP contribution in [0.5, 0.6) is 0 Å². The zero-order chi connectivity index (χ0) is 17.4. The Labute approximate surface area is 146 Å². The molecule has 128 valence electrons. The number of benzene rings is 1. The van der Waals surface area contributed by atoms with Crippen molar-refractivity contribution >= 4 is 5.91 Å². The molecule has 0 aliphatic carbocycles. The number of hydrogen-bond acceptors (Lipinski definition) is 2. The van der Waals surface area contributed by atoms with Crippen LogP contribution in [0.15, 0.2) is 59.1 Å². The average Bonchev–Trinajstić information content (AvgIpc) is 3.23. The van der Waals surface area contributed by atoms with E-state index in [0.717, 1.165) is 25.4 Å². The summed E-state index contributed by atoms with van der Waals surface area (Å²) in [5.74, 6) is 0.493. The minimum absolute atomic E-state index is 0.224. The summed E-state index contributed by atoms with van der Waals surface area (Å²) in [5.41, 5.74) is 9.18. The van der Waals surface area contributed by atoms with Gasteiger partial charge in [-0.2, -0.15) is 0 Å². The first-order valence-corrected chi connectivity index (χ1v) is 8.56. The van der Waals surface area contributed by atoms with Gasteiger partial charge in [0.1, 0.15) is 6.54 Å². The summed E-state index contributed by atoms with van der Waals surface area (Å²) in [5, 5.41) is 0. The molecule has 0 bridgehead atoms. The van der Waals surface area contributed by atoms with Crippen LogP contribution in [0.1, 0.15) is 39.2 Å². The summed E-state index contributed by atoms with van der Waals surface area (Å²) in [7, 11) is 0. The minimum atomic E-state index is -0.524. The van der Waals surface area contributed by atoms with E-state index in [0.29, 0.717) is 0 Å². The molecule has 5 heteroatoms. The van der Waals surface area contributed by atoms with E-state index in [9.17, 15) is 4.79 Å². The molecule has 0 spiro atoms. The number of amides is 1. The lowest BCUT2D eigenvalue weighted by atomic mass is 9.98. The molecule has 2 atom stereocenters. The van der Waals surface area contributed by atoms with Crippen LogP contribution in [0.2, 0.25) is 0 Å². The van der Waals surface area contributed by atoms with Gasteiger partial charge >= 0.3 is 0 Å². The van der Waals surface area contributed by atoms with Gasteiger partial charge in [-0.15, -0.1) is 0 Å². The van der Waals surface area contributed by atoms with Crippen molar-refractivity contribution < 1.29 is 14.1 Å². The Hall–Kier alpha value is -2.79. The van der Waals surface area contributed by atoms with Gasteiger partial charge in [-0.25, -0.2) is 0 Å². The molecule has 3 aromatic rings. The Balaban J connectivity index is 1.69. The maximum atomic E-state index is 11.3. The second-order valence-corrected chi connectivity index (χ2v) is 6.69. The van der Waals surface area contributed by atoms with Crippen LogP contribution in [0.3, 0.4) is 0 Å². The van der Waals surface area contributed by atoms with Gasteiger partial charge in [0, 0.05) is 11.8 Å². The van der Waals surface area contributed by atoms with E-state index in [1.165, 1.54) is 21.7 Å². The number of furan rings is 1. The van der Waals surface area contributed by atoms with Crippen LogP contribution < -0.4 is 10.6 Å². The number of nitrogens with two attached hydrogens (primary N) is 1. The molecule has 3 N–H and O–H groups in total. The maximum absolute atomic E-state index is 11.3. The first-order chi connectivity index (χ1) is 12.1. The summed E-state index contributed by atoms with van der Waals surface area (Å²) in [4.78, 5) is 12.7. The van der Waals surface area contributed by atoms with Gasteiger partial charge in [-0.3, -0.25) is 4.79 Å². The van der Waals surface area contributed by atoms with Crippen molar-refractivity contribution in [2.24, 2.45) is 5.73 Å². The van der Waals surface area contributed by atoms with Gasteiger partial charge in [0.15, 0.2) is 17.6 Å². The molecule has 1 aliphatic rings. The predicted octanol–water partition coefficient (Wildman–Crippen LogP) is 1.68. The molecule has 2 aromatic heterocycles. The third kappa shape index (κ3) is 2.98. The number of nitrogens with zero attached hydrogens (tertiary/aromatic N) is 1. The smallest absolute Gasteiger partial charge is 0.284 e. The number of aryl methyl sites for hydroxylation is 1. The molecular weight excluding hydrogens is 314 g/mol. The molecule has 0 fully saturated rings. The highest BCUT2D eigenvalue weighted by Gasteiger charge is 2.33. The van der Waals surface area contributed by atoms with Crippen molar-refractivity contribution in [2.45, 2.75) is 26.1 Å². The van der Waals surface area contributed by atoms with Gasteiger partial charge in [0.05, 0.1) is 18.8 Å². The number of quaternary nitrogens is 1. The number of primary amides is 1. The highest BCUT2D eigenvalue weighted by Crippen LogP contribution is 2.23. The number of hydrogen-bond donors (Lipinski definition) is 2. The molecule has 0 saturated heterocycles. The van der Waals surface area contributed by atoms with Crippen LogP contribution in [-0.4, -0.2) is 17.0 Å². The van der Waals surface area contributed by atoms with E-state index in [1.807, 2.05) is 6.07 Å². The monoisotopic (exact) mass is 336 g/mol. The van der Waals surface area contributed by atoms with E-state index in [-0.39, 0.29) is 11.8 Å². The number of aromatic nitrogens is 1. The summed E-state index contributed by atoms with van der Waals surface area (Å²) in [6, 6.07) is 16.7. The normalized spacial score (nSPS) is 19.6. The molecule has 1 aliphatic heterocycles. The molecule has 1 aromatic carbocycles. The number of carbonyl (C=O) groups is 1. The lowest BCUT2D eigenvalue weighted by Gasteiger charge is -2.34. The average molecular weight is 336 g/mol. The fraction of sp³-hybridized carbons (Fsp3) is 0.250. The molecule has 1 amide bonds. The molecule has 25 heavy (non-hydrogen) atoms. The largest absolute Gasteiger partial charge is 0.450 e. The first-order valence-electron chi connectivity index (χ1n) is 8.56. The Morgan fingerprint density at radius 2 is 2.16 bits per heavy atom. The van der Waals surface area contributed by atoms with Crippen molar-refractivity contribution in [3.63, 3.8) is 0 Å². The lowest BCUT2D eigenvalue weighted by Crippen LogP contribution is -3.12. The molecule has 0 saturated carbocycles. The fourth-order valence-corrected chi connectivity index (χ4v) is 3.79. The summed E-state index contributed by atoms with van der Waals surface area (Å²) >= 11 is 0. The number of rotatable bonds is 4. The van der Waals surface area contributed by atoms with Crippen LogP contribution >= 0.6 is 0 Å². The Bertz CT molecular complexity index is 909. The molecule has 3 heterocycles. The zero-order valence-electron chi connectivity index (χ0n) is 14.2. The van der Waals surface area contributed by atoms with Gasteiger partial charge in [-0.1, -0.05) is 23.8 Å². The predicted molar refractivity (Wildman–Crippen MR) is 94.2 cm³/mol. The lowest BCUT2D eigenvalue weighted by molar-refractivity contribution is -0.944. The number of nitrogens with one attached hydrogen (secondary N) is 1. The fourth-order valence-electron chi connectivity index (χ4n) is 3.79. The molecular formula is C20H22N3O2+. The Kier molecular flexibility index (Phi) is 3.93. The SMILES string of the molecule is Cc1cccc([C@@H]2c3cccn3CC[NH+]2Cc2ccc(C(N)=O)o2)c1. The van der Waals surface area contributed by atoms with Crippen molar-refractivity contribution in [1.82, 2.24) is 4.57 Å². The second kappa shape index (κ2) is 6.26. The van der Waals surface area contributed by atoms with Gasteiger partial charge in [-0.05, 0) is 37.3 Å². The molecule has 1 unspecified atom stereocenters. The summed E-state index contributed by atoms with van der Waals surface area (Å²) < 4.78 is 7.95. The highest BCUT2D eigenvalue weighted by molar-refractivity contribution is 5.89. The quantitative estimate of drug-likeness (QED) is 0.761. The van der Waals surface area contributed by atoms with Crippen molar-refractivity contribution in [3.8, 4) is 0 Å². The Morgan fingerprint density at radius 1 is 1.28 bits per heavy atom. The topological polar surface area (TPSA) is 65.6 Å². The second-order valence-electron chi connectivity index (χ2n) is 6.69. The van der Waals surface area contributed by atoms with E-state index in [1.54, 1.807) is 6.07 Å². The van der Waals surface area contributed by atoms with E-state index in [2.05, 4.69) is 54.1 Å². The van der Waals surface area contributed by atoms with Gasteiger partial charge < -0.3 is 19.6 Å². The summed E-state index contributed by atoms with van der Waals surface area (Å²) in [6.45, 7) is 4.81. The molecule has 0 radical (unpaired) electrons. The zero-order valence-corrected chi connectivity index (χ0v) is 14.2. The highest BCUT2D eigenvalue weighted by atomic mass is 16.4. The van der Waals surface area contributed by atoms with Gasteiger partial charge in [0.25, 0.3) is 5.91 Å².